The zero-order chi connectivity index (χ0) is 8.15. The topological polar surface area (TPSA) is 0 Å². The Labute approximate surface area is 69.3 Å². The maximum atomic E-state index is 12.8. The second kappa shape index (κ2) is 4.45. The Balaban J connectivity index is 4.51. The lowest BCUT2D eigenvalue weighted by molar-refractivity contribution is 0.651. The van der Waals surface area contributed by atoms with Crippen LogP contribution < -0.4 is 0 Å². The lowest BCUT2D eigenvalue weighted by atomic mass is 10.3. The van der Waals surface area contributed by atoms with Crippen molar-refractivity contribution in [3.63, 3.8) is 0 Å². The Bertz CT molecular complexity index is 185. The summed E-state index contributed by atoms with van der Waals surface area (Å²) in [6.07, 6.45) is 3.11. The molecular formula is C8H10BrF. The number of hydrogen-bond acceptors (Lipinski definition) is 0. The Morgan fingerprint density at radius 1 is 1.50 bits per heavy atom. The molecule has 10 heavy (non-hydrogen) atoms. The van der Waals surface area contributed by atoms with Crippen LogP contribution in [0.5, 0.6) is 0 Å². The Hall–Kier alpha value is -0.370. The summed E-state index contributed by atoms with van der Waals surface area (Å²) in [6.45, 7) is 6.88. The summed E-state index contributed by atoms with van der Waals surface area (Å²) in [7, 11) is 0. The highest BCUT2D eigenvalue weighted by Crippen LogP contribution is 2.21. The highest BCUT2D eigenvalue weighted by Gasteiger charge is 1.99. The van der Waals surface area contributed by atoms with Crippen molar-refractivity contribution < 1.29 is 4.39 Å². The molecule has 0 atom stereocenters. The minimum absolute atomic E-state index is 0.222. The standard InChI is InChI=1S/C8H10BrF/c1-4-5-7(9)8(10)6(2)3/h4-5H,1H2,2-3H3/b7-5+. The van der Waals surface area contributed by atoms with Gasteiger partial charge in [-0.3, -0.25) is 0 Å². The third-order valence-corrected chi connectivity index (χ3v) is 1.53. The van der Waals surface area contributed by atoms with Gasteiger partial charge in [0.25, 0.3) is 0 Å². The molecule has 0 aromatic rings. The molecule has 0 spiro atoms. The van der Waals surface area contributed by atoms with Gasteiger partial charge in [-0.2, -0.15) is 0 Å². The zero-order valence-electron chi connectivity index (χ0n) is 6.12. The van der Waals surface area contributed by atoms with Gasteiger partial charge in [-0.05, 0) is 41.4 Å². The molecule has 0 heterocycles. The summed E-state index contributed by atoms with van der Waals surface area (Å²) in [5, 5.41) is 0. The normalized spacial score (nSPS) is 11.0. The van der Waals surface area contributed by atoms with Gasteiger partial charge in [0.05, 0.1) is 4.48 Å². The molecular weight excluding hydrogens is 195 g/mol. The van der Waals surface area contributed by atoms with E-state index >= 15 is 0 Å². The van der Waals surface area contributed by atoms with Gasteiger partial charge in [-0.25, -0.2) is 4.39 Å². The molecule has 0 saturated heterocycles. The van der Waals surface area contributed by atoms with E-state index in [1.165, 1.54) is 6.08 Å². The van der Waals surface area contributed by atoms with Crippen LogP contribution in [0.4, 0.5) is 4.39 Å². The van der Waals surface area contributed by atoms with Gasteiger partial charge in [0.1, 0.15) is 5.83 Å². The van der Waals surface area contributed by atoms with Crippen LogP contribution in [0.1, 0.15) is 13.8 Å². The van der Waals surface area contributed by atoms with Crippen LogP contribution in [0, 0.1) is 0 Å². The van der Waals surface area contributed by atoms with Crippen LogP contribution in [-0.4, -0.2) is 0 Å². The van der Waals surface area contributed by atoms with Crippen molar-refractivity contribution >= 4 is 15.9 Å². The molecule has 0 aromatic carbocycles. The first-order chi connectivity index (χ1) is 4.59. The van der Waals surface area contributed by atoms with E-state index in [0.29, 0.717) is 10.1 Å². The van der Waals surface area contributed by atoms with Crippen LogP contribution in [0.25, 0.3) is 0 Å². The largest absolute Gasteiger partial charge is 0.206 e. The summed E-state index contributed by atoms with van der Waals surface area (Å²) in [4.78, 5) is 0. The molecule has 0 bridgehead atoms. The lowest BCUT2D eigenvalue weighted by Crippen LogP contribution is -1.76. The van der Waals surface area contributed by atoms with Gasteiger partial charge in [0.15, 0.2) is 0 Å². The van der Waals surface area contributed by atoms with Crippen LogP contribution in [0.3, 0.4) is 0 Å². The molecule has 0 radical (unpaired) electrons. The summed E-state index contributed by atoms with van der Waals surface area (Å²) >= 11 is 3.06. The van der Waals surface area contributed by atoms with E-state index in [-0.39, 0.29) is 5.83 Å². The SMILES string of the molecule is C=C/C=C(/Br)C(F)=C(C)C. The molecule has 0 rings (SSSR count). The fraction of sp³-hybridized carbons (Fsp3) is 0.250. The molecule has 0 aliphatic carbocycles. The molecule has 0 aromatic heterocycles. The lowest BCUT2D eigenvalue weighted by Gasteiger charge is -1.95. The molecule has 56 valence electrons. The van der Waals surface area contributed by atoms with Crippen molar-refractivity contribution in [2.45, 2.75) is 13.8 Å². The number of hydrogen-bond donors (Lipinski definition) is 0. The summed E-state index contributed by atoms with van der Waals surface area (Å²) < 4.78 is 13.3. The summed E-state index contributed by atoms with van der Waals surface area (Å²) in [6, 6.07) is 0. The average molecular weight is 205 g/mol. The fourth-order valence-electron chi connectivity index (χ4n) is 0.415. The third kappa shape index (κ3) is 2.97. The molecule has 0 unspecified atom stereocenters. The first-order valence-electron chi connectivity index (χ1n) is 2.91. The monoisotopic (exact) mass is 204 g/mol. The predicted octanol–water partition coefficient (Wildman–Crippen LogP) is 3.71. The van der Waals surface area contributed by atoms with Crippen molar-refractivity contribution in [2.75, 3.05) is 0 Å². The molecule has 2 heteroatoms. The van der Waals surface area contributed by atoms with Gasteiger partial charge in [-0.1, -0.05) is 12.7 Å². The zero-order valence-corrected chi connectivity index (χ0v) is 7.70. The minimum Gasteiger partial charge on any atom is -0.206 e. The summed E-state index contributed by atoms with van der Waals surface area (Å²) in [5.41, 5.74) is 0.657. The van der Waals surface area contributed by atoms with E-state index in [9.17, 15) is 4.39 Å². The van der Waals surface area contributed by atoms with Crippen molar-refractivity contribution in [3.05, 3.63) is 34.6 Å². The van der Waals surface area contributed by atoms with E-state index in [2.05, 4.69) is 22.5 Å². The molecule has 0 amide bonds. The quantitative estimate of drug-likeness (QED) is 0.602. The maximum Gasteiger partial charge on any atom is 0.136 e. The molecule has 0 fully saturated rings. The fourth-order valence-corrected chi connectivity index (χ4v) is 0.999. The number of rotatable bonds is 2. The molecule has 0 aliphatic rings. The Morgan fingerprint density at radius 3 is 2.30 bits per heavy atom. The number of allylic oxidation sites excluding steroid dienone is 5. The Kier molecular flexibility index (Phi) is 4.28. The van der Waals surface area contributed by atoms with Crippen molar-refractivity contribution in [3.8, 4) is 0 Å². The molecule has 0 N–H and O–H groups in total. The predicted molar refractivity (Wildman–Crippen MR) is 46.7 cm³/mol. The smallest absolute Gasteiger partial charge is 0.136 e. The minimum atomic E-state index is -0.222. The Morgan fingerprint density at radius 2 is 2.00 bits per heavy atom. The number of halogens is 2. The average Bonchev–Trinajstić information content (AvgIpc) is 1.87. The second-order valence-electron chi connectivity index (χ2n) is 2.06. The van der Waals surface area contributed by atoms with E-state index in [1.54, 1.807) is 19.9 Å². The van der Waals surface area contributed by atoms with Crippen molar-refractivity contribution in [1.82, 2.24) is 0 Å². The second-order valence-corrected chi connectivity index (χ2v) is 2.92. The van der Waals surface area contributed by atoms with Crippen molar-refractivity contribution in [1.29, 1.82) is 0 Å². The molecule has 0 aliphatic heterocycles. The van der Waals surface area contributed by atoms with Crippen LogP contribution in [-0.2, 0) is 0 Å². The van der Waals surface area contributed by atoms with E-state index in [0.717, 1.165) is 0 Å². The summed E-state index contributed by atoms with van der Waals surface area (Å²) in [5.74, 6) is -0.222. The highest BCUT2D eigenvalue weighted by atomic mass is 79.9. The maximum absolute atomic E-state index is 12.8. The van der Waals surface area contributed by atoms with Crippen molar-refractivity contribution in [2.24, 2.45) is 0 Å². The van der Waals surface area contributed by atoms with E-state index < -0.39 is 0 Å². The van der Waals surface area contributed by atoms with Gasteiger partial charge < -0.3 is 0 Å². The molecule has 0 nitrogen and oxygen atoms in total. The highest BCUT2D eigenvalue weighted by molar-refractivity contribution is 9.11. The van der Waals surface area contributed by atoms with Crippen LogP contribution >= 0.6 is 15.9 Å². The third-order valence-electron chi connectivity index (χ3n) is 0.913. The first-order valence-corrected chi connectivity index (χ1v) is 3.70. The van der Waals surface area contributed by atoms with Gasteiger partial charge in [0, 0.05) is 0 Å². The molecule has 0 saturated carbocycles. The van der Waals surface area contributed by atoms with E-state index in [4.69, 9.17) is 0 Å². The van der Waals surface area contributed by atoms with Gasteiger partial charge >= 0.3 is 0 Å². The van der Waals surface area contributed by atoms with Crippen LogP contribution in [0.2, 0.25) is 0 Å². The van der Waals surface area contributed by atoms with Gasteiger partial charge in [-0.15, -0.1) is 0 Å². The van der Waals surface area contributed by atoms with Gasteiger partial charge in [0.2, 0.25) is 0 Å². The first kappa shape index (κ1) is 9.63. The van der Waals surface area contributed by atoms with E-state index in [1.807, 2.05) is 0 Å². The van der Waals surface area contributed by atoms with Crippen LogP contribution in [0.15, 0.2) is 34.6 Å².